The molecule has 0 amide bonds. The van der Waals surface area contributed by atoms with Crippen LogP contribution in [0.15, 0.2) is 42.5 Å². The molecule has 0 fully saturated rings. The van der Waals surface area contributed by atoms with Crippen molar-refractivity contribution < 1.29 is 4.74 Å². The molecule has 0 unspecified atom stereocenters. The highest BCUT2D eigenvalue weighted by Crippen LogP contribution is 2.31. The third-order valence-corrected chi connectivity index (χ3v) is 2.87. The van der Waals surface area contributed by atoms with Crippen LogP contribution in [0.5, 0.6) is 5.75 Å². The van der Waals surface area contributed by atoms with Crippen LogP contribution in [-0.4, -0.2) is 0 Å². The molecule has 0 saturated carbocycles. The molecular weight excluding hydrogens is 243 g/mol. The molecule has 0 aliphatic rings. The maximum Gasteiger partial charge on any atom is 0.147 e. The Balaban J connectivity index is 2.08. The first kappa shape index (κ1) is 11.3. The van der Waals surface area contributed by atoms with Crippen LogP contribution in [0, 0.1) is 6.07 Å². The highest BCUT2D eigenvalue weighted by atomic mass is 35.5. The van der Waals surface area contributed by atoms with Gasteiger partial charge in [0.2, 0.25) is 0 Å². The second-order valence-electron chi connectivity index (χ2n) is 3.24. The molecule has 1 radical (unpaired) electrons. The van der Waals surface area contributed by atoms with Crippen molar-refractivity contribution in [3.63, 3.8) is 0 Å². The molecule has 3 heteroatoms. The summed E-state index contributed by atoms with van der Waals surface area (Å²) < 4.78 is 5.53. The minimum Gasteiger partial charge on any atom is -0.487 e. The smallest absolute Gasteiger partial charge is 0.147 e. The molecule has 2 aromatic carbocycles. The molecule has 16 heavy (non-hydrogen) atoms. The van der Waals surface area contributed by atoms with Gasteiger partial charge in [-0.15, -0.1) is 0 Å². The van der Waals surface area contributed by atoms with E-state index in [1.54, 1.807) is 12.1 Å². The molecule has 0 aromatic heterocycles. The lowest BCUT2D eigenvalue weighted by atomic mass is 10.2. The first-order valence-electron chi connectivity index (χ1n) is 4.80. The summed E-state index contributed by atoms with van der Waals surface area (Å²) in [6, 6.07) is 16.1. The van der Waals surface area contributed by atoms with Crippen molar-refractivity contribution in [2.75, 3.05) is 0 Å². The van der Waals surface area contributed by atoms with Gasteiger partial charge in [0.05, 0.1) is 5.02 Å². The zero-order valence-corrected chi connectivity index (χ0v) is 9.92. The zero-order chi connectivity index (χ0) is 11.4. The van der Waals surface area contributed by atoms with Crippen LogP contribution in [0.4, 0.5) is 0 Å². The van der Waals surface area contributed by atoms with Crippen LogP contribution in [-0.2, 0) is 6.61 Å². The van der Waals surface area contributed by atoms with E-state index >= 15 is 0 Å². The number of rotatable bonds is 3. The second-order valence-corrected chi connectivity index (χ2v) is 4.03. The summed E-state index contributed by atoms with van der Waals surface area (Å²) in [5, 5.41) is 0.878. The predicted molar refractivity (Wildman–Crippen MR) is 66.1 cm³/mol. The van der Waals surface area contributed by atoms with E-state index < -0.39 is 0 Å². The fraction of sp³-hybridized carbons (Fsp3) is 0.0769. The first-order valence-corrected chi connectivity index (χ1v) is 5.55. The third kappa shape index (κ3) is 2.69. The first-order chi connectivity index (χ1) is 7.77. The number of hydrogen-bond acceptors (Lipinski definition) is 1. The Morgan fingerprint density at radius 1 is 1.06 bits per heavy atom. The SMILES string of the molecule is Clc1cc[c]c(OCc2ccccc2)c1Cl. The summed E-state index contributed by atoms with van der Waals surface area (Å²) in [5.74, 6) is 0.484. The summed E-state index contributed by atoms with van der Waals surface area (Å²) >= 11 is 11.8. The molecular formula is C13H9Cl2O. The highest BCUT2D eigenvalue weighted by Gasteiger charge is 2.05. The minimum atomic E-state index is 0.403. The largest absolute Gasteiger partial charge is 0.487 e. The molecule has 0 aliphatic carbocycles. The molecule has 0 aliphatic heterocycles. The van der Waals surface area contributed by atoms with E-state index in [0.29, 0.717) is 22.4 Å². The molecule has 0 saturated heterocycles. The monoisotopic (exact) mass is 251 g/mol. The van der Waals surface area contributed by atoms with Crippen molar-refractivity contribution in [3.8, 4) is 5.75 Å². The van der Waals surface area contributed by atoms with Gasteiger partial charge in [-0.25, -0.2) is 0 Å². The fourth-order valence-corrected chi connectivity index (χ4v) is 1.59. The van der Waals surface area contributed by atoms with Gasteiger partial charge in [0.1, 0.15) is 17.4 Å². The number of halogens is 2. The molecule has 0 atom stereocenters. The van der Waals surface area contributed by atoms with Crippen LogP contribution in [0.25, 0.3) is 0 Å². The van der Waals surface area contributed by atoms with Gasteiger partial charge >= 0.3 is 0 Å². The standard InChI is InChI=1S/C13H9Cl2O/c14-11-7-4-8-12(13(11)15)16-9-10-5-2-1-3-6-10/h1-7H,9H2. The maximum absolute atomic E-state index is 5.97. The van der Waals surface area contributed by atoms with E-state index in [0.717, 1.165) is 5.56 Å². The Morgan fingerprint density at radius 2 is 1.81 bits per heavy atom. The van der Waals surface area contributed by atoms with Gasteiger partial charge in [-0.2, -0.15) is 0 Å². The van der Waals surface area contributed by atoms with Crippen LogP contribution >= 0.6 is 23.2 Å². The molecule has 81 valence electrons. The summed E-state index contributed by atoms with van der Waals surface area (Å²) in [6.07, 6.45) is 0. The number of benzene rings is 2. The summed E-state index contributed by atoms with van der Waals surface area (Å²) in [4.78, 5) is 0. The quantitative estimate of drug-likeness (QED) is 0.787. The van der Waals surface area contributed by atoms with E-state index in [4.69, 9.17) is 27.9 Å². The highest BCUT2D eigenvalue weighted by molar-refractivity contribution is 6.42. The van der Waals surface area contributed by atoms with Crippen LogP contribution in [0.3, 0.4) is 0 Å². The second kappa shape index (κ2) is 5.24. The van der Waals surface area contributed by atoms with E-state index in [-0.39, 0.29) is 0 Å². The number of ether oxygens (including phenoxy) is 1. The van der Waals surface area contributed by atoms with Crippen molar-refractivity contribution in [2.24, 2.45) is 0 Å². The predicted octanol–water partition coefficient (Wildman–Crippen LogP) is 4.37. The Hall–Kier alpha value is -1.18. The van der Waals surface area contributed by atoms with Crippen molar-refractivity contribution in [1.29, 1.82) is 0 Å². The van der Waals surface area contributed by atoms with Gasteiger partial charge in [-0.05, 0) is 17.7 Å². The summed E-state index contributed by atoms with van der Waals surface area (Å²) in [6.45, 7) is 0.456. The van der Waals surface area contributed by atoms with Crippen LogP contribution in [0.1, 0.15) is 5.56 Å². The van der Waals surface area contributed by atoms with Gasteiger partial charge < -0.3 is 4.74 Å². The summed E-state index contributed by atoms with van der Waals surface area (Å²) in [5.41, 5.74) is 1.08. The Labute approximate surface area is 105 Å². The third-order valence-electron chi connectivity index (χ3n) is 2.08. The Bertz CT molecular complexity index is 469. The average molecular weight is 252 g/mol. The van der Waals surface area contributed by atoms with Crippen molar-refractivity contribution in [2.45, 2.75) is 6.61 Å². The molecule has 2 rings (SSSR count). The van der Waals surface area contributed by atoms with Crippen LogP contribution in [0.2, 0.25) is 10.0 Å². The Morgan fingerprint density at radius 3 is 2.56 bits per heavy atom. The van der Waals surface area contributed by atoms with Gasteiger partial charge in [0.15, 0.2) is 0 Å². The number of hydrogen-bond donors (Lipinski definition) is 0. The molecule has 0 heterocycles. The lowest BCUT2D eigenvalue weighted by Gasteiger charge is -2.08. The molecule has 0 N–H and O–H groups in total. The van der Waals surface area contributed by atoms with E-state index in [1.807, 2.05) is 30.3 Å². The lowest BCUT2D eigenvalue weighted by Crippen LogP contribution is -1.95. The van der Waals surface area contributed by atoms with Gasteiger partial charge in [-0.1, -0.05) is 53.5 Å². The average Bonchev–Trinajstić information content (AvgIpc) is 2.32. The van der Waals surface area contributed by atoms with Crippen molar-refractivity contribution in [3.05, 3.63) is 64.1 Å². The lowest BCUT2D eigenvalue weighted by molar-refractivity contribution is 0.306. The molecule has 1 nitrogen and oxygen atoms in total. The molecule has 0 bridgehead atoms. The van der Waals surface area contributed by atoms with Gasteiger partial charge in [-0.3, -0.25) is 0 Å². The zero-order valence-electron chi connectivity index (χ0n) is 8.41. The fourth-order valence-electron chi connectivity index (χ4n) is 1.27. The minimum absolute atomic E-state index is 0.403. The van der Waals surface area contributed by atoms with Crippen molar-refractivity contribution >= 4 is 23.2 Å². The normalized spacial score (nSPS) is 10.1. The molecule has 0 spiro atoms. The van der Waals surface area contributed by atoms with Gasteiger partial charge in [0, 0.05) is 6.07 Å². The van der Waals surface area contributed by atoms with E-state index in [9.17, 15) is 0 Å². The van der Waals surface area contributed by atoms with Gasteiger partial charge in [0.25, 0.3) is 0 Å². The van der Waals surface area contributed by atoms with Crippen molar-refractivity contribution in [1.82, 2.24) is 0 Å². The summed E-state index contributed by atoms with van der Waals surface area (Å²) in [7, 11) is 0. The Kier molecular flexibility index (Phi) is 3.70. The topological polar surface area (TPSA) is 9.23 Å². The van der Waals surface area contributed by atoms with E-state index in [2.05, 4.69) is 6.07 Å². The molecule has 2 aromatic rings. The van der Waals surface area contributed by atoms with Crippen LogP contribution < -0.4 is 4.74 Å². The van der Waals surface area contributed by atoms with E-state index in [1.165, 1.54) is 0 Å². The maximum atomic E-state index is 5.97.